The summed E-state index contributed by atoms with van der Waals surface area (Å²) in [6, 6.07) is 6.23. The van der Waals surface area contributed by atoms with Crippen LogP contribution in [0.15, 0.2) is 24.4 Å². The molecule has 2 aromatic rings. The first kappa shape index (κ1) is 22.6. The van der Waals surface area contributed by atoms with E-state index in [9.17, 15) is 0 Å². The maximum absolute atomic E-state index is 5.29. The first-order chi connectivity index (χ1) is 13.8. The third kappa shape index (κ3) is 6.15. The Morgan fingerprint density at radius 3 is 1.79 bits per heavy atom. The predicted octanol–water partition coefficient (Wildman–Crippen LogP) is 7.51. The molecule has 0 aliphatic heterocycles. The topological polar surface area (TPSA) is 25.8 Å². The zero-order valence-electron chi connectivity index (χ0n) is 18.7. The highest BCUT2D eigenvalue weighted by molar-refractivity contribution is 5.63. The molecule has 0 aliphatic rings. The van der Waals surface area contributed by atoms with Crippen molar-refractivity contribution in [1.82, 2.24) is 9.97 Å². The molecule has 0 aromatic carbocycles. The summed E-state index contributed by atoms with van der Waals surface area (Å²) in [5.41, 5.74) is 8.24. The van der Waals surface area contributed by atoms with Crippen molar-refractivity contribution < 1.29 is 0 Å². The maximum Gasteiger partial charge on any atom is 0.0924 e. The molecule has 2 aromatic heterocycles. The number of nitrogens with zero attached hydrogens (tertiary/aromatic N) is 2. The fourth-order valence-electron chi connectivity index (χ4n) is 3.96. The summed E-state index contributed by atoms with van der Waals surface area (Å²) in [7, 11) is 0. The lowest BCUT2D eigenvalue weighted by Crippen LogP contribution is -2.11. The normalized spacial score (nSPS) is 11.1. The van der Waals surface area contributed by atoms with Crippen LogP contribution in [0.25, 0.3) is 11.4 Å². The molecule has 0 N–H and O–H groups in total. The van der Waals surface area contributed by atoms with Crippen molar-refractivity contribution in [3.05, 3.63) is 46.8 Å². The summed E-state index contributed by atoms with van der Waals surface area (Å²) >= 11 is 0. The van der Waals surface area contributed by atoms with E-state index in [2.05, 4.69) is 44.8 Å². The van der Waals surface area contributed by atoms with Crippen LogP contribution in [0, 0.1) is 0 Å². The fourth-order valence-corrected chi connectivity index (χ4v) is 3.96. The van der Waals surface area contributed by atoms with Gasteiger partial charge in [0.25, 0.3) is 0 Å². The van der Waals surface area contributed by atoms with Gasteiger partial charge in [-0.25, -0.2) is 0 Å². The molecule has 0 fully saturated rings. The molecule has 0 aliphatic carbocycles. The van der Waals surface area contributed by atoms with Crippen molar-refractivity contribution in [2.24, 2.45) is 0 Å². The van der Waals surface area contributed by atoms with Crippen molar-refractivity contribution in [2.75, 3.05) is 0 Å². The molecule has 0 saturated carbocycles. The molecule has 2 rings (SSSR count). The number of aromatic nitrogens is 2. The number of rotatable bonds is 13. The van der Waals surface area contributed by atoms with E-state index >= 15 is 0 Å². The van der Waals surface area contributed by atoms with Crippen molar-refractivity contribution >= 4 is 0 Å². The van der Waals surface area contributed by atoms with Gasteiger partial charge in [-0.2, -0.15) is 0 Å². The van der Waals surface area contributed by atoms with Gasteiger partial charge in [0.05, 0.1) is 11.4 Å². The molecule has 0 radical (unpaired) electrons. The SMILES string of the molecule is CCCCc1nc(-c2ccccn2)c(CCCC)c(CCCC)c1CCCC. The van der Waals surface area contributed by atoms with Crippen molar-refractivity contribution in [2.45, 2.75) is 105 Å². The van der Waals surface area contributed by atoms with Crippen LogP contribution in [0.4, 0.5) is 0 Å². The minimum Gasteiger partial charge on any atom is -0.255 e. The number of hydrogen-bond donors (Lipinski definition) is 0. The Balaban J connectivity index is 2.66. The molecule has 0 atom stereocenters. The summed E-state index contributed by atoms with van der Waals surface area (Å²) in [6.45, 7) is 9.16. The van der Waals surface area contributed by atoms with Crippen LogP contribution >= 0.6 is 0 Å². The fraction of sp³-hybridized carbons (Fsp3) is 0.615. The highest BCUT2D eigenvalue weighted by atomic mass is 14.8. The van der Waals surface area contributed by atoms with Gasteiger partial charge in [-0.1, -0.05) is 59.4 Å². The van der Waals surface area contributed by atoms with Gasteiger partial charge < -0.3 is 0 Å². The van der Waals surface area contributed by atoms with E-state index in [4.69, 9.17) is 4.98 Å². The lowest BCUT2D eigenvalue weighted by molar-refractivity contribution is 0.705. The van der Waals surface area contributed by atoms with Gasteiger partial charge in [0, 0.05) is 11.9 Å². The van der Waals surface area contributed by atoms with Gasteiger partial charge in [-0.05, 0) is 80.2 Å². The highest BCUT2D eigenvalue weighted by Gasteiger charge is 2.20. The largest absolute Gasteiger partial charge is 0.255 e. The Bertz CT molecular complexity index is 691. The molecule has 0 bridgehead atoms. The number of pyridine rings is 2. The molecule has 2 heteroatoms. The van der Waals surface area contributed by atoms with E-state index in [1.165, 1.54) is 75.5 Å². The standard InChI is InChI=1S/C26H40N2/c1-5-9-15-21-22(16-10-6-2)24(18-12-8-4)28-26(23(21)17-11-7-3)25-19-13-14-20-27-25/h13-14,19-20H,5-12,15-18H2,1-4H3. The third-order valence-corrected chi connectivity index (χ3v) is 5.63. The summed E-state index contributed by atoms with van der Waals surface area (Å²) in [6.07, 6.45) is 16.4. The van der Waals surface area contributed by atoms with Crippen molar-refractivity contribution in [1.29, 1.82) is 0 Å². The van der Waals surface area contributed by atoms with Gasteiger partial charge in [0.1, 0.15) is 0 Å². The second kappa shape index (κ2) is 12.7. The smallest absolute Gasteiger partial charge is 0.0924 e. The molecule has 0 unspecified atom stereocenters. The van der Waals surface area contributed by atoms with Crippen molar-refractivity contribution in [3.8, 4) is 11.4 Å². The maximum atomic E-state index is 5.29. The molecular weight excluding hydrogens is 340 g/mol. The first-order valence-corrected chi connectivity index (χ1v) is 11.7. The summed E-state index contributed by atoms with van der Waals surface area (Å²) < 4.78 is 0. The van der Waals surface area contributed by atoms with Crippen LogP contribution in [0.2, 0.25) is 0 Å². The Kier molecular flexibility index (Phi) is 10.2. The minimum atomic E-state index is 1.05. The molecule has 28 heavy (non-hydrogen) atoms. The van der Waals surface area contributed by atoms with Gasteiger partial charge in [0.15, 0.2) is 0 Å². The zero-order valence-corrected chi connectivity index (χ0v) is 18.7. The van der Waals surface area contributed by atoms with E-state index < -0.39 is 0 Å². The molecule has 0 spiro atoms. The Morgan fingerprint density at radius 2 is 1.21 bits per heavy atom. The predicted molar refractivity (Wildman–Crippen MR) is 122 cm³/mol. The second-order valence-corrected chi connectivity index (χ2v) is 7.97. The lowest BCUT2D eigenvalue weighted by atomic mass is 9.87. The van der Waals surface area contributed by atoms with Crippen LogP contribution in [0.3, 0.4) is 0 Å². The average Bonchev–Trinajstić information content (AvgIpc) is 2.74. The van der Waals surface area contributed by atoms with Crippen LogP contribution in [-0.4, -0.2) is 9.97 Å². The molecule has 154 valence electrons. The molecule has 2 nitrogen and oxygen atoms in total. The number of unbranched alkanes of at least 4 members (excludes halogenated alkanes) is 4. The number of hydrogen-bond acceptors (Lipinski definition) is 2. The van der Waals surface area contributed by atoms with E-state index in [1.54, 1.807) is 11.1 Å². The van der Waals surface area contributed by atoms with Gasteiger partial charge in [0.2, 0.25) is 0 Å². The lowest BCUT2D eigenvalue weighted by Gasteiger charge is -2.22. The van der Waals surface area contributed by atoms with Crippen LogP contribution < -0.4 is 0 Å². The van der Waals surface area contributed by atoms with E-state index in [0.717, 1.165) is 24.2 Å². The zero-order chi connectivity index (χ0) is 20.2. The van der Waals surface area contributed by atoms with Crippen LogP contribution in [-0.2, 0) is 25.7 Å². The highest BCUT2D eigenvalue weighted by Crippen LogP contribution is 2.32. The van der Waals surface area contributed by atoms with E-state index in [0.29, 0.717) is 0 Å². The summed E-state index contributed by atoms with van der Waals surface area (Å²) in [5.74, 6) is 0. The molecular formula is C26H40N2. The van der Waals surface area contributed by atoms with Gasteiger partial charge in [-0.15, -0.1) is 0 Å². The van der Waals surface area contributed by atoms with Gasteiger partial charge in [-0.3, -0.25) is 9.97 Å². The van der Waals surface area contributed by atoms with Crippen LogP contribution in [0.1, 0.15) is 101 Å². The van der Waals surface area contributed by atoms with Gasteiger partial charge >= 0.3 is 0 Å². The Hall–Kier alpha value is -1.70. The quantitative estimate of drug-likeness (QED) is 0.359. The summed E-state index contributed by atoms with van der Waals surface area (Å²) in [5, 5.41) is 0. The van der Waals surface area contributed by atoms with E-state index in [1.807, 2.05) is 12.3 Å². The Morgan fingerprint density at radius 1 is 0.643 bits per heavy atom. The Labute approximate surface area is 173 Å². The average molecular weight is 381 g/mol. The summed E-state index contributed by atoms with van der Waals surface area (Å²) in [4.78, 5) is 9.98. The van der Waals surface area contributed by atoms with Crippen molar-refractivity contribution in [3.63, 3.8) is 0 Å². The van der Waals surface area contributed by atoms with E-state index in [-0.39, 0.29) is 0 Å². The molecule has 2 heterocycles. The monoisotopic (exact) mass is 380 g/mol. The van der Waals surface area contributed by atoms with Crippen LogP contribution in [0.5, 0.6) is 0 Å². The minimum absolute atomic E-state index is 1.05. The number of aryl methyl sites for hydroxylation is 1. The molecule has 0 amide bonds. The second-order valence-electron chi connectivity index (χ2n) is 7.97. The molecule has 0 saturated heterocycles. The first-order valence-electron chi connectivity index (χ1n) is 11.7. The third-order valence-electron chi connectivity index (χ3n) is 5.63.